The van der Waals surface area contributed by atoms with Crippen molar-refractivity contribution in [3.63, 3.8) is 0 Å². The first-order valence-corrected chi connectivity index (χ1v) is 10.1. The monoisotopic (exact) mass is 444 g/mol. The summed E-state index contributed by atoms with van der Waals surface area (Å²) in [5.41, 5.74) is -1.51. The average Bonchev–Trinajstić information content (AvgIpc) is 3.12. The number of alkyl halides is 3. The SMILES string of the molecule is CC(C)CN1CCO[C@H](CNC(=O)c2cnn(-c3ccc(Cl)cc3)c2C(F)(F)F)C1. The molecule has 1 aliphatic heterocycles. The summed E-state index contributed by atoms with van der Waals surface area (Å²) in [6.07, 6.45) is -4.11. The minimum atomic E-state index is -4.77. The van der Waals surface area contributed by atoms with Gasteiger partial charge >= 0.3 is 6.18 Å². The van der Waals surface area contributed by atoms with Gasteiger partial charge in [-0.05, 0) is 30.2 Å². The Kier molecular flexibility index (Phi) is 7.05. The van der Waals surface area contributed by atoms with E-state index in [1.807, 2.05) is 0 Å². The van der Waals surface area contributed by atoms with Crippen molar-refractivity contribution >= 4 is 17.5 Å². The van der Waals surface area contributed by atoms with Crippen LogP contribution in [0.15, 0.2) is 30.5 Å². The molecule has 1 atom stereocenters. The number of ether oxygens (including phenoxy) is 1. The highest BCUT2D eigenvalue weighted by atomic mass is 35.5. The van der Waals surface area contributed by atoms with E-state index in [0.29, 0.717) is 28.8 Å². The van der Waals surface area contributed by atoms with Gasteiger partial charge in [-0.15, -0.1) is 0 Å². The van der Waals surface area contributed by atoms with Crippen LogP contribution in [-0.2, 0) is 10.9 Å². The van der Waals surface area contributed by atoms with Crippen LogP contribution in [0.1, 0.15) is 29.9 Å². The summed E-state index contributed by atoms with van der Waals surface area (Å²) in [5.74, 6) is -0.349. The Hall–Kier alpha value is -2.10. The predicted molar refractivity (Wildman–Crippen MR) is 107 cm³/mol. The molecule has 30 heavy (non-hydrogen) atoms. The minimum Gasteiger partial charge on any atom is -0.374 e. The van der Waals surface area contributed by atoms with Crippen molar-refractivity contribution in [2.45, 2.75) is 26.1 Å². The molecule has 0 saturated carbocycles. The average molecular weight is 445 g/mol. The van der Waals surface area contributed by atoms with E-state index in [-0.39, 0.29) is 18.3 Å². The van der Waals surface area contributed by atoms with Gasteiger partial charge in [0.2, 0.25) is 0 Å². The number of carbonyl (C=O) groups is 1. The molecule has 0 spiro atoms. The zero-order valence-corrected chi connectivity index (χ0v) is 17.5. The Morgan fingerprint density at radius 2 is 2.03 bits per heavy atom. The molecule has 6 nitrogen and oxygen atoms in total. The molecular formula is C20H24ClF3N4O2. The summed E-state index contributed by atoms with van der Waals surface area (Å²) in [5, 5.41) is 6.75. The molecule has 1 fully saturated rings. The van der Waals surface area contributed by atoms with Crippen molar-refractivity contribution in [3.8, 4) is 5.69 Å². The van der Waals surface area contributed by atoms with Crippen LogP contribution in [0.25, 0.3) is 5.69 Å². The standard InChI is InChI=1S/C20H24ClF3N4O2/c1-13(2)11-27-7-8-30-16(12-27)9-25-19(29)17-10-26-28(18(17)20(22,23)24)15-5-3-14(21)4-6-15/h3-6,10,13,16H,7-9,11-12H2,1-2H3,(H,25,29)/t16-/m1/s1. The highest BCUT2D eigenvalue weighted by molar-refractivity contribution is 6.30. The van der Waals surface area contributed by atoms with Crippen molar-refractivity contribution in [2.75, 3.05) is 32.8 Å². The van der Waals surface area contributed by atoms with E-state index >= 15 is 0 Å². The van der Waals surface area contributed by atoms with Gasteiger partial charge in [0.15, 0.2) is 5.69 Å². The molecule has 1 aliphatic rings. The van der Waals surface area contributed by atoms with Crippen LogP contribution in [0.5, 0.6) is 0 Å². The maximum atomic E-state index is 13.7. The minimum absolute atomic E-state index is 0.122. The highest BCUT2D eigenvalue weighted by Gasteiger charge is 2.40. The van der Waals surface area contributed by atoms with Crippen molar-refractivity contribution in [1.82, 2.24) is 20.0 Å². The molecule has 10 heteroatoms. The molecule has 1 aromatic carbocycles. The number of morpholine rings is 1. The molecular weight excluding hydrogens is 421 g/mol. The van der Waals surface area contributed by atoms with Crippen LogP contribution in [0, 0.1) is 5.92 Å². The Labute approximate surface area is 177 Å². The zero-order chi connectivity index (χ0) is 21.9. The number of nitrogens with zero attached hydrogens (tertiary/aromatic N) is 3. The number of amides is 1. The molecule has 2 heterocycles. The topological polar surface area (TPSA) is 59.4 Å². The number of benzene rings is 1. The second kappa shape index (κ2) is 9.36. The largest absolute Gasteiger partial charge is 0.434 e. The third kappa shape index (κ3) is 5.53. The first-order chi connectivity index (χ1) is 14.1. The number of carbonyl (C=O) groups excluding carboxylic acids is 1. The van der Waals surface area contributed by atoms with Gasteiger partial charge in [0.1, 0.15) is 0 Å². The lowest BCUT2D eigenvalue weighted by Gasteiger charge is -2.33. The van der Waals surface area contributed by atoms with E-state index < -0.39 is 23.3 Å². The van der Waals surface area contributed by atoms with Crippen LogP contribution in [0.4, 0.5) is 13.2 Å². The molecule has 1 saturated heterocycles. The second-order valence-corrected chi connectivity index (χ2v) is 8.09. The summed E-state index contributed by atoms with van der Waals surface area (Å²) in [7, 11) is 0. The molecule has 0 aliphatic carbocycles. The lowest BCUT2D eigenvalue weighted by Crippen LogP contribution is -2.48. The van der Waals surface area contributed by atoms with Crippen LogP contribution in [0.2, 0.25) is 5.02 Å². The number of aromatic nitrogens is 2. The Bertz CT molecular complexity index is 868. The van der Waals surface area contributed by atoms with Crippen LogP contribution >= 0.6 is 11.6 Å². The van der Waals surface area contributed by atoms with Gasteiger partial charge in [0.25, 0.3) is 5.91 Å². The van der Waals surface area contributed by atoms with Crippen molar-refractivity contribution in [2.24, 2.45) is 5.92 Å². The van der Waals surface area contributed by atoms with E-state index in [4.69, 9.17) is 16.3 Å². The lowest BCUT2D eigenvalue weighted by atomic mass is 10.1. The lowest BCUT2D eigenvalue weighted by molar-refractivity contribution is -0.143. The molecule has 0 radical (unpaired) electrons. The molecule has 1 aromatic heterocycles. The van der Waals surface area contributed by atoms with Crippen LogP contribution in [-0.4, -0.2) is 59.5 Å². The Balaban J connectivity index is 1.73. The summed E-state index contributed by atoms with van der Waals surface area (Å²) in [6.45, 7) is 7.20. The van der Waals surface area contributed by atoms with E-state index in [1.165, 1.54) is 24.3 Å². The zero-order valence-electron chi connectivity index (χ0n) is 16.7. The van der Waals surface area contributed by atoms with Crippen molar-refractivity contribution < 1.29 is 22.7 Å². The second-order valence-electron chi connectivity index (χ2n) is 7.65. The van der Waals surface area contributed by atoms with Gasteiger partial charge in [-0.25, -0.2) is 4.68 Å². The fraction of sp³-hybridized carbons (Fsp3) is 0.500. The number of rotatable bonds is 6. The molecule has 3 rings (SSSR count). The van der Waals surface area contributed by atoms with E-state index in [9.17, 15) is 18.0 Å². The molecule has 1 N–H and O–H groups in total. The van der Waals surface area contributed by atoms with Gasteiger partial charge in [0.05, 0.1) is 30.2 Å². The van der Waals surface area contributed by atoms with Gasteiger partial charge in [-0.2, -0.15) is 18.3 Å². The number of hydrogen-bond acceptors (Lipinski definition) is 4. The Morgan fingerprint density at radius 3 is 2.67 bits per heavy atom. The molecule has 2 aromatic rings. The smallest absolute Gasteiger partial charge is 0.374 e. The van der Waals surface area contributed by atoms with Crippen LogP contribution in [0.3, 0.4) is 0 Å². The van der Waals surface area contributed by atoms with Gasteiger partial charge in [-0.3, -0.25) is 9.69 Å². The first-order valence-electron chi connectivity index (χ1n) is 9.68. The van der Waals surface area contributed by atoms with E-state index in [0.717, 1.165) is 19.3 Å². The maximum Gasteiger partial charge on any atom is 0.434 e. The summed E-state index contributed by atoms with van der Waals surface area (Å²) < 4.78 is 47.6. The Morgan fingerprint density at radius 1 is 1.33 bits per heavy atom. The van der Waals surface area contributed by atoms with Crippen LogP contribution < -0.4 is 5.32 Å². The maximum absolute atomic E-state index is 13.7. The molecule has 1 amide bonds. The predicted octanol–water partition coefficient (Wildman–Crippen LogP) is 3.63. The molecule has 0 unspecified atom stereocenters. The van der Waals surface area contributed by atoms with E-state index in [1.54, 1.807) is 0 Å². The third-order valence-corrected chi connectivity index (χ3v) is 4.94. The summed E-state index contributed by atoms with van der Waals surface area (Å²) in [4.78, 5) is 14.8. The summed E-state index contributed by atoms with van der Waals surface area (Å²) >= 11 is 5.81. The third-order valence-electron chi connectivity index (χ3n) is 4.69. The van der Waals surface area contributed by atoms with E-state index in [2.05, 4.69) is 29.2 Å². The molecule has 0 bridgehead atoms. The normalized spacial score (nSPS) is 18.0. The fourth-order valence-corrected chi connectivity index (χ4v) is 3.58. The number of nitrogens with one attached hydrogen (secondary N) is 1. The quantitative estimate of drug-likeness (QED) is 0.739. The first kappa shape index (κ1) is 22.6. The van der Waals surface area contributed by atoms with Gasteiger partial charge in [0, 0.05) is 31.2 Å². The fourth-order valence-electron chi connectivity index (χ4n) is 3.45. The summed E-state index contributed by atoms with van der Waals surface area (Å²) in [6, 6.07) is 5.74. The number of hydrogen-bond donors (Lipinski definition) is 1. The molecule has 164 valence electrons. The van der Waals surface area contributed by atoms with Crippen molar-refractivity contribution in [3.05, 3.63) is 46.7 Å². The van der Waals surface area contributed by atoms with Gasteiger partial charge in [-0.1, -0.05) is 25.4 Å². The number of halogens is 4. The highest BCUT2D eigenvalue weighted by Crippen LogP contribution is 2.33. The van der Waals surface area contributed by atoms with Gasteiger partial charge < -0.3 is 10.1 Å². The van der Waals surface area contributed by atoms with Crippen molar-refractivity contribution in [1.29, 1.82) is 0 Å².